The Labute approximate surface area is 183 Å². The third-order valence-electron chi connectivity index (χ3n) is 5.95. The minimum absolute atomic E-state index is 0.0763. The van der Waals surface area contributed by atoms with E-state index < -0.39 is 16.5 Å². The van der Waals surface area contributed by atoms with Gasteiger partial charge in [0.25, 0.3) is 0 Å². The van der Waals surface area contributed by atoms with Gasteiger partial charge in [-0.3, -0.25) is 4.79 Å². The Morgan fingerprint density at radius 2 is 1.81 bits per heavy atom. The number of benzene rings is 3. The summed E-state index contributed by atoms with van der Waals surface area (Å²) in [4.78, 5) is 11.9. The Bertz CT molecular complexity index is 1200. The van der Waals surface area contributed by atoms with Gasteiger partial charge in [0.1, 0.15) is 21.5 Å². The van der Waals surface area contributed by atoms with Crippen LogP contribution in [-0.4, -0.2) is 16.0 Å². The molecule has 2 unspecified atom stereocenters. The Kier molecular flexibility index (Phi) is 4.89. The van der Waals surface area contributed by atoms with Gasteiger partial charge < -0.3 is 0 Å². The Morgan fingerprint density at radius 3 is 2.58 bits per heavy atom. The van der Waals surface area contributed by atoms with Gasteiger partial charge in [-0.05, 0) is 53.6 Å². The first kappa shape index (κ1) is 19.9. The molecule has 0 fully saturated rings. The molecule has 31 heavy (non-hydrogen) atoms. The molecular formula is C25H20F2N2OS. The first-order chi connectivity index (χ1) is 15.0. The smallest absolute Gasteiger partial charge is 0.241 e. The lowest BCUT2D eigenvalue weighted by atomic mass is 9.76. The van der Waals surface area contributed by atoms with Crippen molar-refractivity contribution in [1.82, 2.24) is 5.01 Å². The van der Waals surface area contributed by atoms with Gasteiger partial charge >= 0.3 is 0 Å². The summed E-state index contributed by atoms with van der Waals surface area (Å²) in [5.74, 6) is -1.17. The number of thioether (sulfide) groups is 1. The molecule has 0 saturated carbocycles. The molecule has 3 nitrogen and oxygen atoms in total. The molecule has 0 bridgehead atoms. The standard InChI is InChI=1S/C25H20F2N2OS/c1-16(30)29-25(31-24(28-29)21-14-20(26)11-12-23(21)27)15-19(17-7-3-2-4-8-17)13-18-9-5-6-10-22(18)25/h2-12,14,19H,13,15H2,1H3. The van der Waals surface area contributed by atoms with Crippen molar-refractivity contribution < 1.29 is 13.6 Å². The lowest BCUT2D eigenvalue weighted by Gasteiger charge is -2.43. The predicted octanol–water partition coefficient (Wildman–Crippen LogP) is 5.80. The van der Waals surface area contributed by atoms with E-state index >= 15 is 0 Å². The summed E-state index contributed by atoms with van der Waals surface area (Å²) in [6.07, 6.45) is 1.47. The molecule has 156 valence electrons. The highest BCUT2D eigenvalue weighted by molar-refractivity contribution is 8.15. The van der Waals surface area contributed by atoms with E-state index in [4.69, 9.17) is 0 Å². The summed E-state index contributed by atoms with van der Waals surface area (Å²) in [7, 11) is 0. The zero-order chi connectivity index (χ0) is 21.6. The van der Waals surface area contributed by atoms with Gasteiger partial charge in [-0.25, -0.2) is 13.8 Å². The lowest BCUT2D eigenvalue weighted by Crippen LogP contribution is -2.44. The molecule has 3 aromatic rings. The fraction of sp³-hybridized carbons (Fsp3) is 0.200. The third kappa shape index (κ3) is 3.35. The molecule has 5 rings (SSSR count). The van der Waals surface area contributed by atoms with Gasteiger partial charge in [-0.1, -0.05) is 66.4 Å². The number of carbonyl (C=O) groups excluding carboxylic acids is 1. The summed E-state index contributed by atoms with van der Waals surface area (Å²) < 4.78 is 28.5. The van der Waals surface area contributed by atoms with Crippen molar-refractivity contribution in [2.75, 3.05) is 0 Å². The minimum atomic E-state index is -0.810. The molecule has 0 N–H and O–H groups in total. The number of rotatable bonds is 2. The van der Waals surface area contributed by atoms with Gasteiger partial charge in [-0.15, -0.1) is 0 Å². The fourth-order valence-electron chi connectivity index (χ4n) is 4.61. The van der Waals surface area contributed by atoms with Gasteiger partial charge in [0.05, 0.1) is 0 Å². The van der Waals surface area contributed by atoms with Crippen LogP contribution >= 0.6 is 11.8 Å². The van der Waals surface area contributed by atoms with E-state index in [0.717, 1.165) is 35.7 Å². The van der Waals surface area contributed by atoms with Crippen molar-refractivity contribution >= 4 is 22.7 Å². The van der Waals surface area contributed by atoms with Crippen molar-refractivity contribution in [3.63, 3.8) is 0 Å². The van der Waals surface area contributed by atoms with Crippen LogP contribution in [0.5, 0.6) is 0 Å². The maximum absolute atomic E-state index is 14.6. The molecule has 0 aromatic heterocycles. The summed E-state index contributed by atoms with van der Waals surface area (Å²) >= 11 is 1.34. The highest BCUT2D eigenvalue weighted by Crippen LogP contribution is 2.56. The summed E-state index contributed by atoms with van der Waals surface area (Å²) in [5.41, 5.74) is 3.40. The topological polar surface area (TPSA) is 32.7 Å². The predicted molar refractivity (Wildman–Crippen MR) is 119 cm³/mol. The second kappa shape index (κ2) is 7.61. The number of carbonyl (C=O) groups is 1. The maximum atomic E-state index is 14.6. The first-order valence-corrected chi connectivity index (χ1v) is 11.0. The van der Waals surface area contributed by atoms with Crippen LogP contribution in [0.3, 0.4) is 0 Å². The fourth-order valence-corrected chi connectivity index (χ4v) is 6.17. The molecule has 0 radical (unpaired) electrons. The Balaban J connectivity index is 1.65. The molecule has 1 heterocycles. The van der Waals surface area contributed by atoms with Crippen LogP contribution in [0.1, 0.15) is 41.5 Å². The summed E-state index contributed by atoms with van der Waals surface area (Å²) in [6.45, 7) is 1.46. The molecule has 6 heteroatoms. The number of hydrazone groups is 1. The van der Waals surface area contributed by atoms with Crippen LogP contribution in [0.25, 0.3) is 0 Å². The van der Waals surface area contributed by atoms with Crippen molar-refractivity contribution in [1.29, 1.82) is 0 Å². The maximum Gasteiger partial charge on any atom is 0.241 e. The van der Waals surface area contributed by atoms with Gasteiger partial charge in [-0.2, -0.15) is 5.10 Å². The summed E-state index contributed by atoms with van der Waals surface area (Å²) in [6, 6.07) is 21.5. The Morgan fingerprint density at radius 1 is 1.06 bits per heavy atom. The number of hydrogen-bond acceptors (Lipinski definition) is 3. The molecule has 1 aliphatic heterocycles. The van der Waals surface area contributed by atoms with E-state index in [1.807, 2.05) is 36.4 Å². The zero-order valence-corrected chi connectivity index (χ0v) is 17.7. The molecule has 1 aliphatic carbocycles. The number of fused-ring (bicyclic) bond motifs is 2. The van der Waals surface area contributed by atoms with Crippen LogP contribution in [0, 0.1) is 11.6 Å². The average Bonchev–Trinajstić information content (AvgIpc) is 3.16. The van der Waals surface area contributed by atoms with Crippen molar-refractivity contribution in [2.24, 2.45) is 5.10 Å². The number of amides is 1. The van der Waals surface area contributed by atoms with Crippen LogP contribution in [0.4, 0.5) is 8.78 Å². The van der Waals surface area contributed by atoms with E-state index in [0.29, 0.717) is 11.5 Å². The monoisotopic (exact) mass is 434 g/mol. The van der Waals surface area contributed by atoms with Crippen LogP contribution in [0.15, 0.2) is 77.9 Å². The molecule has 3 aromatic carbocycles. The summed E-state index contributed by atoms with van der Waals surface area (Å²) in [5, 5.41) is 6.30. The van der Waals surface area contributed by atoms with Gasteiger partial charge in [0, 0.05) is 12.5 Å². The van der Waals surface area contributed by atoms with E-state index in [-0.39, 0.29) is 17.4 Å². The number of nitrogens with zero attached hydrogens (tertiary/aromatic N) is 2. The molecule has 2 aliphatic rings. The van der Waals surface area contributed by atoms with Crippen molar-refractivity contribution in [3.8, 4) is 0 Å². The largest absolute Gasteiger partial charge is 0.273 e. The van der Waals surface area contributed by atoms with Gasteiger partial charge in [0.2, 0.25) is 5.91 Å². The molecule has 2 atom stereocenters. The second-order valence-electron chi connectivity index (χ2n) is 7.92. The zero-order valence-electron chi connectivity index (χ0n) is 16.9. The van der Waals surface area contributed by atoms with Crippen LogP contribution in [-0.2, 0) is 16.1 Å². The Hall–Kier alpha value is -2.99. The quantitative estimate of drug-likeness (QED) is 0.510. The molecular weight excluding hydrogens is 414 g/mol. The highest BCUT2D eigenvalue weighted by atomic mass is 32.2. The normalized spacial score (nSPS) is 22.4. The van der Waals surface area contributed by atoms with E-state index in [1.165, 1.54) is 29.3 Å². The third-order valence-corrected chi connectivity index (χ3v) is 7.35. The second-order valence-corrected chi connectivity index (χ2v) is 9.19. The number of halogens is 2. The van der Waals surface area contributed by atoms with E-state index in [9.17, 15) is 13.6 Å². The van der Waals surface area contributed by atoms with E-state index in [2.05, 4.69) is 23.3 Å². The van der Waals surface area contributed by atoms with Crippen molar-refractivity contribution in [2.45, 2.75) is 30.6 Å². The van der Waals surface area contributed by atoms with Crippen molar-refractivity contribution in [3.05, 3.63) is 107 Å². The number of hydrogen-bond donors (Lipinski definition) is 0. The van der Waals surface area contributed by atoms with E-state index in [1.54, 1.807) is 0 Å². The van der Waals surface area contributed by atoms with Crippen LogP contribution in [0.2, 0.25) is 0 Å². The molecule has 0 saturated heterocycles. The van der Waals surface area contributed by atoms with Crippen LogP contribution < -0.4 is 0 Å². The minimum Gasteiger partial charge on any atom is -0.273 e. The first-order valence-electron chi connectivity index (χ1n) is 10.1. The SMILES string of the molecule is CC(=O)N1N=C(c2cc(F)ccc2F)SC12CC(c1ccccc1)Cc1ccccc12. The lowest BCUT2D eigenvalue weighted by molar-refractivity contribution is -0.132. The highest BCUT2D eigenvalue weighted by Gasteiger charge is 2.52. The molecule has 1 amide bonds. The molecule has 1 spiro atoms. The average molecular weight is 435 g/mol. The van der Waals surface area contributed by atoms with Gasteiger partial charge in [0.15, 0.2) is 0 Å².